The van der Waals surface area contributed by atoms with Crippen LogP contribution in [-0.2, 0) is 33.4 Å². The lowest BCUT2D eigenvalue weighted by Crippen LogP contribution is -2.54. The molecule has 0 radical (unpaired) electrons. The standard InChI is InChI=1S/C43H56N4O10S/c1-29-13-16-36(17-14-29)58(53,54)57-22-21-56-35-12-6-9-31(24-35)33-23-34(27-44-26-33)37(25-39(49)55-5)45-41(50)32-11-7-19-46(28-32)38(48)18-15-30-10-8-20-47(42(51)52)40(30)43(2,3)4/h6,9,12-14,16-17,23-24,26-27,30,32,37,40H,7-8,10-11,15,18-22,25,28H2,1-5H3,(H,45,50)(H,51,52). The predicted molar refractivity (Wildman–Crippen MR) is 216 cm³/mol. The lowest BCUT2D eigenvalue weighted by molar-refractivity contribution is -0.141. The molecule has 2 N–H and O–H groups in total. The molecule has 14 nitrogen and oxygen atoms in total. The fraction of sp³-hybridized carbons (Fsp3) is 0.512. The average molecular weight is 821 g/mol. The molecule has 2 fully saturated rings. The van der Waals surface area contributed by atoms with Crippen molar-refractivity contribution < 1.29 is 46.4 Å². The third kappa shape index (κ3) is 11.8. The number of nitrogens with zero attached hydrogens (tertiary/aromatic N) is 3. The van der Waals surface area contributed by atoms with Gasteiger partial charge < -0.3 is 29.7 Å². The number of nitrogens with one attached hydrogen (secondary N) is 1. The number of carbonyl (C=O) groups excluding carboxylic acids is 3. The summed E-state index contributed by atoms with van der Waals surface area (Å²) in [5.74, 6) is -0.798. The van der Waals surface area contributed by atoms with E-state index in [0.717, 1.165) is 24.0 Å². The minimum absolute atomic E-state index is 0.0199. The van der Waals surface area contributed by atoms with Gasteiger partial charge in [0.05, 0.1) is 30.4 Å². The molecule has 0 aliphatic carbocycles. The Morgan fingerprint density at radius 1 is 0.966 bits per heavy atom. The predicted octanol–water partition coefficient (Wildman–Crippen LogP) is 6.39. The van der Waals surface area contributed by atoms with Crippen molar-refractivity contribution in [3.8, 4) is 16.9 Å². The molecule has 3 heterocycles. The summed E-state index contributed by atoms with van der Waals surface area (Å²) < 4.78 is 41.0. The van der Waals surface area contributed by atoms with Gasteiger partial charge in [-0.3, -0.25) is 23.6 Å². The van der Waals surface area contributed by atoms with Crippen LogP contribution in [0.25, 0.3) is 11.1 Å². The van der Waals surface area contributed by atoms with E-state index in [0.29, 0.717) is 49.2 Å². The molecule has 3 aromatic rings. The van der Waals surface area contributed by atoms with Crippen molar-refractivity contribution in [1.82, 2.24) is 20.1 Å². The molecule has 5 rings (SSSR count). The van der Waals surface area contributed by atoms with Crippen LogP contribution < -0.4 is 10.1 Å². The Morgan fingerprint density at radius 2 is 1.71 bits per heavy atom. The first-order valence-electron chi connectivity index (χ1n) is 19.8. The van der Waals surface area contributed by atoms with E-state index in [1.54, 1.807) is 47.6 Å². The monoisotopic (exact) mass is 820 g/mol. The van der Waals surface area contributed by atoms with E-state index in [-0.39, 0.29) is 66.7 Å². The first-order chi connectivity index (χ1) is 27.5. The van der Waals surface area contributed by atoms with Crippen LogP contribution in [0.5, 0.6) is 5.75 Å². The molecule has 1 aromatic heterocycles. The minimum Gasteiger partial charge on any atom is -0.491 e. The van der Waals surface area contributed by atoms with Crippen molar-refractivity contribution in [1.29, 1.82) is 0 Å². The quantitative estimate of drug-likeness (QED) is 0.0986. The van der Waals surface area contributed by atoms with Crippen molar-refractivity contribution in [3.05, 3.63) is 78.1 Å². The fourth-order valence-corrected chi connectivity index (χ4v) is 8.98. The molecule has 2 aliphatic heterocycles. The van der Waals surface area contributed by atoms with E-state index in [9.17, 15) is 32.7 Å². The summed E-state index contributed by atoms with van der Waals surface area (Å²) in [5.41, 5.74) is 2.67. The largest absolute Gasteiger partial charge is 0.491 e. The average Bonchev–Trinajstić information content (AvgIpc) is 3.21. The SMILES string of the molecule is COC(=O)CC(NC(=O)C1CCCN(C(=O)CCC2CCCN(C(=O)O)C2C(C)(C)C)C1)c1cncc(-c2cccc(OCCOS(=O)(=O)c3ccc(C)cc3)c2)c1. The summed E-state index contributed by atoms with van der Waals surface area (Å²) in [6.45, 7) is 9.06. The number of rotatable bonds is 15. The Kier molecular flexibility index (Phi) is 14.9. The number of esters is 1. The van der Waals surface area contributed by atoms with Crippen molar-refractivity contribution in [2.24, 2.45) is 17.3 Å². The van der Waals surface area contributed by atoms with Crippen LogP contribution in [0.15, 0.2) is 71.9 Å². The van der Waals surface area contributed by atoms with Gasteiger partial charge in [0.15, 0.2) is 0 Å². The molecular weight excluding hydrogens is 765 g/mol. The molecule has 3 amide bonds. The van der Waals surface area contributed by atoms with Crippen molar-refractivity contribution in [3.63, 3.8) is 0 Å². The maximum atomic E-state index is 13.8. The summed E-state index contributed by atoms with van der Waals surface area (Å²) in [6, 6.07) is 14.4. The highest BCUT2D eigenvalue weighted by molar-refractivity contribution is 7.86. The molecule has 0 bridgehead atoms. The smallest absolute Gasteiger partial charge is 0.407 e. The number of piperidine rings is 2. The number of ether oxygens (including phenoxy) is 2. The van der Waals surface area contributed by atoms with Crippen molar-refractivity contribution in [2.45, 2.75) is 89.6 Å². The number of likely N-dealkylation sites (tertiary alicyclic amines) is 2. The number of amides is 3. The van der Waals surface area contributed by atoms with Gasteiger partial charge in [-0.25, -0.2) is 4.79 Å². The number of pyridine rings is 1. The highest BCUT2D eigenvalue weighted by Gasteiger charge is 2.42. The summed E-state index contributed by atoms with van der Waals surface area (Å²) in [6.07, 6.45) is 5.87. The van der Waals surface area contributed by atoms with Gasteiger partial charge in [-0.05, 0) is 91.8 Å². The second kappa shape index (κ2) is 19.6. The second-order valence-electron chi connectivity index (χ2n) is 16.2. The van der Waals surface area contributed by atoms with Crippen LogP contribution in [-0.4, -0.2) is 98.2 Å². The van der Waals surface area contributed by atoms with Gasteiger partial charge in [0, 0.05) is 50.1 Å². The van der Waals surface area contributed by atoms with Crippen molar-refractivity contribution in [2.75, 3.05) is 40.0 Å². The van der Waals surface area contributed by atoms with E-state index in [1.807, 2.05) is 39.8 Å². The molecule has 58 heavy (non-hydrogen) atoms. The topological polar surface area (TPSA) is 182 Å². The summed E-state index contributed by atoms with van der Waals surface area (Å²) >= 11 is 0. The van der Waals surface area contributed by atoms with Gasteiger partial charge in [0.1, 0.15) is 19.0 Å². The summed E-state index contributed by atoms with van der Waals surface area (Å²) in [4.78, 5) is 59.7. The Labute approximate surface area is 341 Å². The lowest BCUT2D eigenvalue weighted by atomic mass is 9.72. The Morgan fingerprint density at radius 3 is 2.41 bits per heavy atom. The van der Waals surface area contributed by atoms with E-state index in [4.69, 9.17) is 13.7 Å². The third-order valence-corrected chi connectivity index (χ3v) is 12.2. The van der Waals surface area contributed by atoms with Gasteiger partial charge in [-0.15, -0.1) is 0 Å². The molecule has 15 heteroatoms. The van der Waals surface area contributed by atoms with Crippen LogP contribution in [0.2, 0.25) is 0 Å². The zero-order valence-electron chi connectivity index (χ0n) is 34.0. The van der Waals surface area contributed by atoms with Gasteiger partial charge in [-0.2, -0.15) is 8.42 Å². The van der Waals surface area contributed by atoms with Crippen molar-refractivity contribution >= 4 is 34.0 Å². The minimum atomic E-state index is -3.93. The number of carbonyl (C=O) groups is 4. The van der Waals surface area contributed by atoms with Crippen LogP contribution in [0.3, 0.4) is 0 Å². The highest BCUT2D eigenvalue weighted by Crippen LogP contribution is 2.38. The number of aromatic nitrogens is 1. The number of benzene rings is 2. The van der Waals surface area contributed by atoms with E-state index in [2.05, 4.69) is 10.3 Å². The van der Waals surface area contributed by atoms with Gasteiger partial charge in [0.2, 0.25) is 11.8 Å². The molecule has 4 unspecified atom stereocenters. The first-order valence-corrected chi connectivity index (χ1v) is 21.3. The fourth-order valence-electron chi connectivity index (χ4n) is 8.09. The summed E-state index contributed by atoms with van der Waals surface area (Å²) in [5, 5.41) is 12.9. The molecular formula is C43H56N4O10S. The molecule has 314 valence electrons. The normalized spacial score (nSPS) is 19.2. The zero-order chi connectivity index (χ0) is 42.0. The van der Waals surface area contributed by atoms with Gasteiger partial charge in [-0.1, -0.05) is 50.6 Å². The third-order valence-electron chi connectivity index (χ3n) is 10.9. The second-order valence-corrected chi connectivity index (χ2v) is 17.8. The lowest BCUT2D eigenvalue weighted by Gasteiger charge is -2.47. The zero-order valence-corrected chi connectivity index (χ0v) is 34.8. The number of methoxy groups -OCH3 is 1. The molecule has 2 aromatic carbocycles. The number of aryl methyl sites for hydroxylation is 1. The van der Waals surface area contributed by atoms with Gasteiger partial charge in [0.25, 0.3) is 10.1 Å². The molecule has 4 atom stereocenters. The highest BCUT2D eigenvalue weighted by atomic mass is 32.2. The van der Waals surface area contributed by atoms with Crippen LogP contribution >= 0.6 is 0 Å². The van der Waals surface area contributed by atoms with E-state index < -0.39 is 34.1 Å². The molecule has 2 saturated heterocycles. The number of carboxylic acid groups (broad SMARTS) is 1. The van der Waals surface area contributed by atoms with Crippen LogP contribution in [0.1, 0.15) is 82.9 Å². The summed E-state index contributed by atoms with van der Waals surface area (Å²) in [7, 11) is -2.65. The van der Waals surface area contributed by atoms with E-state index >= 15 is 0 Å². The van der Waals surface area contributed by atoms with Crippen LogP contribution in [0.4, 0.5) is 4.79 Å². The Bertz CT molecular complexity index is 2020. The first kappa shape index (κ1) is 44.1. The van der Waals surface area contributed by atoms with Crippen LogP contribution in [0, 0.1) is 24.2 Å². The Balaban J connectivity index is 1.20. The number of hydrogen-bond donors (Lipinski definition) is 2. The Hall–Kier alpha value is -5.02. The maximum absolute atomic E-state index is 13.8. The van der Waals surface area contributed by atoms with Gasteiger partial charge >= 0.3 is 12.1 Å². The molecule has 0 spiro atoms. The molecule has 2 aliphatic rings. The maximum Gasteiger partial charge on any atom is 0.407 e. The number of hydrogen-bond acceptors (Lipinski definition) is 10. The van der Waals surface area contributed by atoms with E-state index in [1.165, 1.54) is 24.1 Å². The molecule has 0 saturated carbocycles.